The molecule has 0 radical (unpaired) electrons. The molecule has 8 heteroatoms. The molecule has 0 bridgehead atoms. The van der Waals surface area contributed by atoms with Crippen molar-refractivity contribution in [3.05, 3.63) is 0 Å². The Morgan fingerprint density at radius 1 is 1.33 bits per heavy atom. The monoisotopic (exact) mass is 360 g/mol. The van der Waals surface area contributed by atoms with E-state index in [-0.39, 0.29) is 0 Å². The highest BCUT2D eigenvalue weighted by molar-refractivity contribution is 6.77. The van der Waals surface area contributed by atoms with Gasteiger partial charge in [-0.25, -0.2) is 9.59 Å². The Kier molecular flexibility index (Phi) is 8.55. The third-order valence-corrected chi connectivity index (χ3v) is 7.77. The minimum atomic E-state index is -1.36. The van der Waals surface area contributed by atoms with Gasteiger partial charge in [-0.15, -0.1) is 0 Å². The number of carboxylic acid groups (broad SMARTS) is 1. The first-order valence-electron chi connectivity index (χ1n) is 8.69. The third-order valence-electron chi connectivity index (χ3n) is 4.65. The van der Waals surface area contributed by atoms with Gasteiger partial charge < -0.3 is 25.2 Å². The Hall–Kier alpha value is -1.28. The summed E-state index contributed by atoms with van der Waals surface area (Å²) in [6, 6.07) is 0. The van der Waals surface area contributed by atoms with E-state index < -0.39 is 26.4 Å². The molecule has 2 amide bonds. The second-order valence-electron chi connectivity index (χ2n) is 7.67. The van der Waals surface area contributed by atoms with Gasteiger partial charge in [0.1, 0.15) is 6.17 Å². The molecule has 0 saturated carbocycles. The van der Waals surface area contributed by atoms with Crippen molar-refractivity contribution in [3.63, 3.8) is 0 Å². The summed E-state index contributed by atoms with van der Waals surface area (Å²) in [5, 5.41) is 13.9. The van der Waals surface area contributed by atoms with Crippen molar-refractivity contribution in [2.45, 2.75) is 64.0 Å². The van der Waals surface area contributed by atoms with Crippen molar-refractivity contribution >= 4 is 20.3 Å². The highest BCUT2D eigenvalue weighted by Crippen LogP contribution is 2.21. The van der Waals surface area contributed by atoms with Crippen LogP contribution in [0.4, 0.5) is 9.59 Å². The van der Waals surface area contributed by atoms with E-state index in [1.165, 1.54) is 0 Å². The van der Waals surface area contributed by atoms with Crippen LogP contribution < -0.4 is 10.6 Å². The summed E-state index contributed by atoms with van der Waals surface area (Å²) >= 11 is 0. The van der Waals surface area contributed by atoms with E-state index in [9.17, 15) is 9.59 Å². The molecular formula is C16H32N2O5Si. The maximum Gasteiger partial charge on any atom is 0.408 e. The van der Waals surface area contributed by atoms with Crippen LogP contribution in [0.2, 0.25) is 25.2 Å². The first-order valence-corrected chi connectivity index (χ1v) is 12.3. The summed E-state index contributed by atoms with van der Waals surface area (Å²) in [5.74, 6) is 0.418. The SMILES string of the molecule is CC(COC(=O)NC(CC[C@H]1CCCOC1)NC(=O)O)[Si](C)(C)C. The molecule has 0 spiro atoms. The molecule has 1 rings (SSSR count). The van der Waals surface area contributed by atoms with Crippen molar-refractivity contribution in [1.29, 1.82) is 0 Å². The molecule has 140 valence electrons. The van der Waals surface area contributed by atoms with Crippen LogP contribution in [-0.4, -0.2) is 51.4 Å². The van der Waals surface area contributed by atoms with Gasteiger partial charge in [0.2, 0.25) is 0 Å². The maximum absolute atomic E-state index is 11.9. The summed E-state index contributed by atoms with van der Waals surface area (Å²) < 4.78 is 10.7. The van der Waals surface area contributed by atoms with Gasteiger partial charge in [0.15, 0.2) is 0 Å². The van der Waals surface area contributed by atoms with Crippen molar-refractivity contribution in [2.24, 2.45) is 5.92 Å². The molecule has 1 aliphatic rings. The zero-order valence-electron chi connectivity index (χ0n) is 15.3. The minimum Gasteiger partial charge on any atom is -0.465 e. The van der Waals surface area contributed by atoms with Crippen LogP contribution >= 0.6 is 0 Å². The highest BCUT2D eigenvalue weighted by Gasteiger charge is 2.24. The quantitative estimate of drug-likeness (QED) is 0.456. The average molecular weight is 361 g/mol. The van der Waals surface area contributed by atoms with Gasteiger partial charge >= 0.3 is 12.2 Å². The molecule has 1 aliphatic heterocycles. The number of carbonyl (C=O) groups excluding carboxylic acids is 1. The van der Waals surface area contributed by atoms with Gasteiger partial charge in [-0.05, 0) is 37.1 Å². The van der Waals surface area contributed by atoms with Crippen LogP contribution in [0.1, 0.15) is 32.6 Å². The first kappa shape index (κ1) is 20.8. The number of ether oxygens (including phenoxy) is 2. The van der Waals surface area contributed by atoms with Gasteiger partial charge in [0.25, 0.3) is 0 Å². The number of nitrogens with one attached hydrogen (secondary N) is 2. The topological polar surface area (TPSA) is 96.9 Å². The van der Waals surface area contributed by atoms with Crippen LogP contribution in [0, 0.1) is 5.92 Å². The molecule has 0 aromatic rings. The number of carbonyl (C=O) groups is 2. The average Bonchev–Trinajstić information content (AvgIpc) is 2.49. The Morgan fingerprint density at radius 2 is 2.04 bits per heavy atom. The fraction of sp³-hybridized carbons (Fsp3) is 0.875. The lowest BCUT2D eigenvalue weighted by atomic mass is 9.96. The van der Waals surface area contributed by atoms with E-state index in [4.69, 9.17) is 14.6 Å². The Morgan fingerprint density at radius 3 is 2.58 bits per heavy atom. The predicted octanol–water partition coefficient (Wildman–Crippen LogP) is 3.24. The molecule has 1 heterocycles. The molecule has 1 fully saturated rings. The summed E-state index contributed by atoms with van der Waals surface area (Å²) in [7, 11) is -1.36. The summed E-state index contributed by atoms with van der Waals surface area (Å²) in [6.07, 6.45) is 1.08. The van der Waals surface area contributed by atoms with Gasteiger partial charge in [0, 0.05) is 13.2 Å². The van der Waals surface area contributed by atoms with Gasteiger partial charge in [0.05, 0.1) is 14.7 Å². The number of amides is 2. The van der Waals surface area contributed by atoms with E-state index in [2.05, 4.69) is 37.2 Å². The fourth-order valence-electron chi connectivity index (χ4n) is 2.40. The zero-order valence-corrected chi connectivity index (χ0v) is 16.3. The van der Waals surface area contributed by atoms with Gasteiger partial charge in [-0.3, -0.25) is 0 Å². The van der Waals surface area contributed by atoms with E-state index in [1.54, 1.807) is 0 Å². The van der Waals surface area contributed by atoms with Gasteiger partial charge in [-0.1, -0.05) is 26.6 Å². The van der Waals surface area contributed by atoms with Crippen LogP contribution in [0.25, 0.3) is 0 Å². The molecule has 1 saturated heterocycles. The molecule has 7 nitrogen and oxygen atoms in total. The van der Waals surface area contributed by atoms with Crippen molar-refractivity contribution < 1.29 is 24.2 Å². The predicted molar refractivity (Wildman–Crippen MR) is 95.0 cm³/mol. The molecule has 3 atom stereocenters. The lowest BCUT2D eigenvalue weighted by Gasteiger charge is -2.26. The van der Waals surface area contributed by atoms with Crippen LogP contribution in [0.5, 0.6) is 0 Å². The van der Waals surface area contributed by atoms with E-state index in [0.29, 0.717) is 31.1 Å². The first-order chi connectivity index (χ1) is 11.2. The lowest BCUT2D eigenvalue weighted by molar-refractivity contribution is 0.0493. The molecule has 0 aliphatic carbocycles. The number of hydrogen-bond donors (Lipinski definition) is 3. The smallest absolute Gasteiger partial charge is 0.408 e. The molecule has 3 N–H and O–H groups in total. The number of rotatable bonds is 8. The van der Waals surface area contributed by atoms with E-state index >= 15 is 0 Å². The second-order valence-corrected chi connectivity index (χ2v) is 13.4. The van der Waals surface area contributed by atoms with E-state index in [1.807, 2.05) is 0 Å². The maximum atomic E-state index is 11.9. The standard InChI is InChI=1S/C16H32N2O5Si/c1-12(24(2,3)4)10-23-16(21)18-14(17-15(19)20)8-7-13-6-5-9-22-11-13/h12-14,17H,5-11H2,1-4H3,(H,18,21)(H,19,20)/t12?,13-,14?/m1/s1. The Bertz CT molecular complexity index is 408. The summed E-state index contributed by atoms with van der Waals surface area (Å²) in [6.45, 7) is 10.6. The van der Waals surface area contributed by atoms with Crippen molar-refractivity contribution in [2.75, 3.05) is 19.8 Å². The largest absolute Gasteiger partial charge is 0.465 e. The fourth-order valence-corrected chi connectivity index (χ4v) is 2.98. The molecule has 0 aromatic carbocycles. The third kappa shape index (κ3) is 8.54. The number of alkyl carbamates (subject to hydrolysis) is 1. The van der Waals surface area contributed by atoms with Crippen LogP contribution in [0.15, 0.2) is 0 Å². The van der Waals surface area contributed by atoms with Crippen molar-refractivity contribution in [3.8, 4) is 0 Å². The lowest BCUT2D eigenvalue weighted by Crippen LogP contribution is -2.48. The molecular weight excluding hydrogens is 328 g/mol. The second kappa shape index (κ2) is 9.88. The molecule has 24 heavy (non-hydrogen) atoms. The minimum absolute atomic E-state index is 0.341. The summed E-state index contributed by atoms with van der Waals surface area (Å²) in [4.78, 5) is 22.9. The number of hydrogen-bond acceptors (Lipinski definition) is 4. The van der Waals surface area contributed by atoms with Crippen molar-refractivity contribution in [1.82, 2.24) is 10.6 Å². The van der Waals surface area contributed by atoms with Gasteiger partial charge in [-0.2, -0.15) is 0 Å². The molecule has 2 unspecified atom stereocenters. The summed E-state index contributed by atoms with van der Waals surface area (Å²) in [5.41, 5.74) is 0.341. The normalized spacial score (nSPS) is 20.8. The van der Waals surface area contributed by atoms with Crippen LogP contribution in [-0.2, 0) is 9.47 Å². The van der Waals surface area contributed by atoms with E-state index in [0.717, 1.165) is 25.9 Å². The molecule has 0 aromatic heterocycles. The Balaban J connectivity index is 2.40. The Labute approximate surface area is 145 Å². The van der Waals surface area contributed by atoms with Crippen LogP contribution in [0.3, 0.4) is 0 Å². The highest BCUT2D eigenvalue weighted by atomic mass is 28.3. The zero-order chi connectivity index (χ0) is 18.2.